The van der Waals surface area contributed by atoms with Gasteiger partial charge < -0.3 is 73.5 Å². The number of nitrogens with zero attached hydrogens (tertiary/aromatic N) is 25. The van der Waals surface area contributed by atoms with Gasteiger partial charge in [-0.3, -0.25) is 72.7 Å². The summed E-state index contributed by atoms with van der Waals surface area (Å²) < 4.78 is 26.7. The average Bonchev–Trinajstić information content (AvgIpc) is 1.67. The Balaban J connectivity index is 0.000000548. The Morgan fingerprint density at radius 2 is 0.479 bits per heavy atom. The molecule has 0 spiro atoms. The second-order valence-corrected chi connectivity index (χ2v) is 36.9. The van der Waals surface area contributed by atoms with E-state index in [0.717, 1.165) is 84.7 Å². The molecule has 5 heterocycles. The van der Waals surface area contributed by atoms with Crippen LogP contribution in [-0.4, -0.2) is 388 Å². The molecule has 0 saturated carbocycles. The van der Waals surface area contributed by atoms with Crippen LogP contribution in [0.2, 0.25) is 0 Å². The number of likely N-dealkylation sites (N-methyl/N-ethyl adjacent to an activating group) is 19. The maximum Gasteiger partial charge on any atom is 0.240 e. The molecule has 0 aliphatic carbocycles. The fourth-order valence-electron chi connectivity index (χ4n) is 12.3. The SMILES string of the molecule is CCN(C)CC(=O)N(C)c1ccc(C)c(F)c1.CCN(C)CC(=O)N(C)c1ccc(C)cc1.CCN(C)CC(=O)N(C)c1ccc(C)nc1.CCN(C)CC(=O)N(C)c1cnc(C)nc1.CN(C)CC(=O)N(C)c1ccc2c(c1)N(C)CC2.Cc1ccc(N(C)C(=O)CN(C)C)cc1.Cc1ccc(N(C)C(=O)CN(C)C)cc1F.Cc1ccc(N(C)C(=O)CN(C)C)cn1.Cc1ncc(N(C)C(=O)CN(C)C)cn1. The summed E-state index contributed by atoms with van der Waals surface area (Å²) in [4.78, 5) is 164. The van der Waals surface area contributed by atoms with Gasteiger partial charge in [-0.2, -0.15) is 0 Å². The van der Waals surface area contributed by atoms with Crippen LogP contribution in [0.15, 0.2) is 165 Å². The zero-order chi connectivity index (χ0) is 109. The van der Waals surface area contributed by atoms with Crippen molar-refractivity contribution >= 4 is 110 Å². The van der Waals surface area contributed by atoms with Gasteiger partial charge in [0.1, 0.15) is 23.3 Å². The summed E-state index contributed by atoms with van der Waals surface area (Å²) in [6.45, 7) is 31.1. The number of pyridine rings is 2. The first-order valence-electron chi connectivity index (χ1n) is 47.8. The summed E-state index contributed by atoms with van der Waals surface area (Å²) in [7, 11) is 44.2. The number of aryl methyl sites for hydroxylation is 8. The predicted molar refractivity (Wildman–Crippen MR) is 586 cm³/mol. The number of fused-ring (bicyclic) bond motifs is 1. The van der Waals surface area contributed by atoms with Gasteiger partial charge in [-0.25, -0.2) is 28.7 Å². The summed E-state index contributed by atoms with van der Waals surface area (Å²) in [6.07, 6.45) is 11.1. The molecule has 9 amide bonds. The molecule has 1 aliphatic rings. The summed E-state index contributed by atoms with van der Waals surface area (Å²) in [6, 6.07) is 39.4. The van der Waals surface area contributed by atoms with Crippen molar-refractivity contribution in [1.82, 2.24) is 74.0 Å². The molecule has 1 aliphatic heterocycles. The normalized spacial score (nSPS) is 11.0. The average molecular weight is 2000 g/mol. The van der Waals surface area contributed by atoms with Crippen LogP contribution in [0.1, 0.15) is 78.5 Å². The number of rotatable bonds is 31. The first-order valence-corrected chi connectivity index (χ1v) is 47.8. The molecule has 9 aromatic rings. The van der Waals surface area contributed by atoms with Gasteiger partial charge in [0.15, 0.2) is 0 Å². The van der Waals surface area contributed by atoms with E-state index in [1.807, 2.05) is 300 Å². The third-order valence-corrected chi connectivity index (χ3v) is 22.8. The van der Waals surface area contributed by atoms with Crippen molar-refractivity contribution in [2.75, 3.05) is 310 Å². The molecule has 0 unspecified atom stereocenters. The lowest BCUT2D eigenvalue weighted by atomic mass is 10.1. The van der Waals surface area contributed by atoms with Crippen LogP contribution in [0.3, 0.4) is 0 Å². The van der Waals surface area contributed by atoms with Crippen LogP contribution >= 0.6 is 0 Å². The molecule has 0 saturated heterocycles. The summed E-state index contributed by atoms with van der Waals surface area (Å²) in [5.41, 5.74) is 15.2. The summed E-state index contributed by atoms with van der Waals surface area (Å²) in [5.74, 6) is 1.25. The third-order valence-electron chi connectivity index (χ3n) is 22.8. The minimum Gasteiger partial charge on any atom is -0.374 e. The molecular formula is C108H165F2N25O9. The monoisotopic (exact) mass is 1990 g/mol. The van der Waals surface area contributed by atoms with E-state index in [9.17, 15) is 51.9 Å². The van der Waals surface area contributed by atoms with Gasteiger partial charge in [-0.15, -0.1) is 0 Å². The van der Waals surface area contributed by atoms with E-state index in [-0.39, 0.29) is 64.8 Å². The zero-order valence-corrected chi connectivity index (χ0v) is 92.8. The maximum atomic E-state index is 13.4. The molecule has 0 bridgehead atoms. The van der Waals surface area contributed by atoms with Crippen molar-refractivity contribution in [3.63, 3.8) is 0 Å². The number of hydrogen-bond acceptors (Lipinski definition) is 25. The predicted octanol–water partition coefficient (Wildman–Crippen LogP) is 11.6. The molecule has 0 radical (unpaired) electrons. The fraction of sp³-hybridized carbons (Fsp3) is 0.472. The zero-order valence-electron chi connectivity index (χ0n) is 92.8. The number of hydrogen-bond donors (Lipinski definition) is 0. The van der Waals surface area contributed by atoms with Crippen molar-refractivity contribution in [3.05, 3.63) is 227 Å². The van der Waals surface area contributed by atoms with Crippen molar-refractivity contribution in [2.45, 2.75) is 89.5 Å². The smallest absolute Gasteiger partial charge is 0.240 e. The molecule has 144 heavy (non-hydrogen) atoms. The molecule has 0 N–H and O–H groups in total. The largest absolute Gasteiger partial charge is 0.374 e. The van der Waals surface area contributed by atoms with Crippen molar-refractivity contribution < 1.29 is 51.9 Å². The van der Waals surface area contributed by atoms with Gasteiger partial charge in [0, 0.05) is 123 Å². The Hall–Kier alpha value is -12.9. The standard InChI is InChI=1S/C14H21N3O.C13H19FN2O.C13H20N2O.C12H17FN2O.C12H19N3O.C12H18N2O.C11H18N4O.C11H17N3O.C10H16N4O/c1-15(2)10-14(18)17(4)12-6-5-11-7-8-16(3)13(11)9-12;1-5-15(3)9-13(17)16(4)11-7-6-10(2)12(14)8-11;1-5-14(3)10-13(16)15(4)12-8-6-11(2)7-9-12;1-9-5-6-10(7-11(9)13)15(4)12(16)8-14(2)3;1-5-14(3)9-12(16)15(4)11-7-6-10(2)13-8-11;1-10-5-7-11(8-6-10)14(4)12(15)9-13(2)3;1-5-14(3)8-11(16)15(4)10-6-12-9(2)13-7-10;1-9-5-6-10(7-12-9)14(4)11(15)8-13(2)3;1-8-11-5-9(6-12-8)14(4)10(15)7-13(2)3/h5-6,9H,7-8,10H2,1-4H3;6-8H,5,9H2,1-4H3;6-9H,5,10H2,1-4H3;5-7H,8H2,1-4H3;6-8H,5,9H2,1-4H3;5-8H,9H2,1-4H3;6-7H,5,8H2,1-4H3;5-7H,8H2,1-4H3;5-6H,7H2,1-4H3. The maximum absolute atomic E-state index is 13.4. The summed E-state index contributed by atoms with van der Waals surface area (Å²) >= 11 is 0. The van der Waals surface area contributed by atoms with Gasteiger partial charge in [-0.1, -0.05) is 81.3 Å². The van der Waals surface area contributed by atoms with Crippen LogP contribution in [0, 0.1) is 67.0 Å². The Morgan fingerprint density at radius 3 is 0.722 bits per heavy atom. The molecule has 0 atom stereocenters. The number of carbonyl (C=O) groups excluding carboxylic acids is 9. The lowest BCUT2D eigenvalue weighted by molar-refractivity contribution is -0.119. The number of anilines is 10. The van der Waals surface area contributed by atoms with E-state index < -0.39 is 0 Å². The van der Waals surface area contributed by atoms with Crippen LogP contribution in [0.4, 0.5) is 65.7 Å². The molecule has 4 aromatic heterocycles. The number of aromatic nitrogens is 6. The van der Waals surface area contributed by atoms with Crippen LogP contribution in [-0.2, 0) is 49.6 Å². The van der Waals surface area contributed by atoms with E-state index >= 15 is 0 Å². The van der Waals surface area contributed by atoms with E-state index in [4.69, 9.17) is 0 Å². The fourth-order valence-corrected chi connectivity index (χ4v) is 12.3. The van der Waals surface area contributed by atoms with Gasteiger partial charge in [-0.05, 0) is 288 Å². The minimum absolute atomic E-state index is 0.0208. The molecule has 36 heteroatoms. The van der Waals surface area contributed by atoms with Crippen molar-refractivity contribution in [2.24, 2.45) is 0 Å². The number of amides is 9. The first kappa shape index (κ1) is 127. The highest BCUT2D eigenvalue weighted by Gasteiger charge is 2.23. The highest BCUT2D eigenvalue weighted by molar-refractivity contribution is 5.99. The first-order chi connectivity index (χ1) is 67.5. The van der Waals surface area contributed by atoms with Gasteiger partial charge >= 0.3 is 0 Å². The lowest BCUT2D eigenvalue weighted by Crippen LogP contribution is -2.36. The van der Waals surface area contributed by atoms with Gasteiger partial charge in [0.25, 0.3) is 0 Å². The second-order valence-electron chi connectivity index (χ2n) is 36.9. The third kappa shape index (κ3) is 47.5. The topological polar surface area (TPSA) is 293 Å². The number of halogens is 2. The lowest BCUT2D eigenvalue weighted by Gasteiger charge is -2.21. The van der Waals surface area contributed by atoms with Crippen molar-refractivity contribution in [3.8, 4) is 0 Å². The minimum atomic E-state index is -0.290. The number of carbonyl (C=O) groups is 9. The van der Waals surface area contributed by atoms with Gasteiger partial charge in [0.05, 0.1) is 119 Å². The molecule has 790 valence electrons. The molecular weight excluding hydrogens is 1830 g/mol. The Morgan fingerprint density at radius 1 is 0.264 bits per heavy atom. The van der Waals surface area contributed by atoms with Crippen LogP contribution in [0.25, 0.3) is 0 Å². The van der Waals surface area contributed by atoms with E-state index in [1.165, 1.54) is 44.3 Å². The van der Waals surface area contributed by atoms with E-state index in [0.29, 0.717) is 98.7 Å². The highest BCUT2D eigenvalue weighted by atomic mass is 19.1. The van der Waals surface area contributed by atoms with Crippen molar-refractivity contribution in [1.29, 1.82) is 0 Å². The highest BCUT2D eigenvalue weighted by Crippen LogP contribution is 2.31. The quantitative estimate of drug-likeness (QED) is 0.0390. The Bertz CT molecular complexity index is 5060. The van der Waals surface area contributed by atoms with Gasteiger partial charge in [0.2, 0.25) is 53.2 Å². The number of benzene rings is 5. The van der Waals surface area contributed by atoms with Crippen LogP contribution in [0.5, 0.6) is 0 Å². The summed E-state index contributed by atoms with van der Waals surface area (Å²) in [5, 5.41) is 0. The molecule has 5 aromatic carbocycles. The molecule has 0 fully saturated rings. The van der Waals surface area contributed by atoms with Crippen LogP contribution < -0.4 is 49.0 Å². The Kier molecular flexibility index (Phi) is 57.7. The Labute approximate surface area is 857 Å². The van der Waals surface area contributed by atoms with E-state index in [1.54, 1.807) is 164 Å². The second kappa shape index (κ2) is 65.4. The molecule has 10 rings (SSSR count). The van der Waals surface area contributed by atoms with E-state index in [2.05, 4.69) is 54.0 Å². The molecule has 34 nitrogen and oxygen atoms in total.